The minimum atomic E-state index is -4.90. The molecule has 0 radical (unpaired) electrons. The predicted octanol–water partition coefficient (Wildman–Crippen LogP) is 7.73. The third-order valence-electron chi connectivity index (χ3n) is 8.01. The van der Waals surface area contributed by atoms with Crippen LogP contribution in [0.25, 0.3) is 0 Å². The van der Waals surface area contributed by atoms with Gasteiger partial charge < -0.3 is 10.2 Å². The number of carbonyl (C=O) groups is 2. The molecule has 2 amide bonds. The number of halogens is 4. The van der Waals surface area contributed by atoms with Crippen molar-refractivity contribution in [1.29, 1.82) is 0 Å². The molecule has 0 aliphatic rings. The first kappa shape index (κ1) is 37.5. The zero-order valence-electron chi connectivity index (χ0n) is 27.5. The second-order valence-electron chi connectivity index (χ2n) is 11.8. The summed E-state index contributed by atoms with van der Waals surface area (Å²) in [5.74, 6) is -1.22. The van der Waals surface area contributed by atoms with Gasteiger partial charge in [-0.2, -0.15) is 13.2 Å². The SMILES string of the molecule is CCCCNC(=O)[C@@H](Cc1ccccc1)N(Cc1ccc(C)cc1)C(=O)CN(c1ccc(Cl)c(C(F)(F)F)c1)S(=O)(=O)c1ccc(C)cc1. The zero-order chi connectivity index (χ0) is 35.8. The summed E-state index contributed by atoms with van der Waals surface area (Å²) in [4.78, 5) is 29.4. The Balaban J connectivity index is 1.85. The number of sulfonamides is 1. The van der Waals surface area contributed by atoms with Gasteiger partial charge in [0.2, 0.25) is 11.8 Å². The van der Waals surface area contributed by atoms with Crippen LogP contribution >= 0.6 is 11.6 Å². The predicted molar refractivity (Wildman–Crippen MR) is 186 cm³/mol. The lowest BCUT2D eigenvalue weighted by molar-refractivity contribution is -0.140. The Morgan fingerprint density at radius 3 is 2.06 bits per heavy atom. The highest BCUT2D eigenvalue weighted by molar-refractivity contribution is 7.92. The Hall–Kier alpha value is -4.35. The van der Waals surface area contributed by atoms with E-state index in [4.69, 9.17) is 11.6 Å². The molecule has 4 aromatic carbocycles. The lowest BCUT2D eigenvalue weighted by Gasteiger charge is -2.34. The number of nitrogens with zero attached hydrogens (tertiary/aromatic N) is 2. The molecule has 4 rings (SSSR count). The highest BCUT2D eigenvalue weighted by Gasteiger charge is 2.37. The average Bonchev–Trinajstić information content (AvgIpc) is 3.06. The highest BCUT2D eigenvalue weighted by atomic mass is 35.5. The first-order chi connectivity index (χ1) is 23.2. The molecule has 260 valence electrons. The van der Waals surface area contributed by atoms with Gasteiger partial charge >= 0.3 is 6.18 Å². The number of aryl methyl sites for hydroxylation is 2. The first-order valence-electron chi connectivity index (χ1n) is 15.8. The van der Waals surface area contributed by atoms with Crippen molar-refractivity contribution in [3.63, 3.8) is 0 Å². The average molecular weight is 714 g/mol. The molecule has 12 heteroatoms. The van der Waals surface area contributed by atoms with E-state index >= 15 is 0 Å². The standard InChI is InChI=1S/C37H39ClF3N3O4S/c1-4-5-21-42-36(46)34(22-28-9-7-6-8-10-28)43(24-29-15-11-26(2)12-16-29)35(45)25-44(49(47,48)31-18-13-27(3)14-19-31)30-17-20-33(38)32(23-30)37(39,40)41/h6-20,23,34H,4-5,21-22,24-25H2,1-3H3,(H,42,46)/t34-/m1/s1. The van der Waals surface area contributed by atoms with Gasteiger partial charge in [-0.05, 0) is 61.7 Å². The van der Waals surface area contributed by atoms with Crippen LogP contribution in [0.4, 0.5) is 18.9 Å². The monoisotopic (exact) mass is 713 g/mol. The third kappa shape index (κ3) is 9.86. The number of nitrogens with one attached hydrogen (secondary N) is 1. The van der Waals surface area contributed by atoms with E-state index in [2.05, 4.69) is 5.32 Å². The van der Waals surface area contributed by atoms with Crippen LogP contribution in [-0.4, -0.2) is 44.3 Å². The van der Waals surface area contributed by atoms with Crippen LogP contribution in [-0.2, 0) is 38.8 Å². The molecule has 0 aliphatic carbocycles. The lowest BCUT2D eigenvalue weighted by Crippen LogP contribution is -2.53. The molecular formula is C37H39ClF3N3O4S. The van der Waals surface area contributed by atoms with Gasteiger partial charge in [0.25, 0.3) is 10.0 Å². The van der Waals surface area contributed by atoms with Crippen LogP contribution in [0.5, 0.6) is 0 Å². The van der Waals surface area contributed by atoms with Crippen LogP contribution in [0.3, 0.4) is 0 Å². The largest absolute Gasteiger partial charge is 0.417 e. The Labute approximate surface area is 290 Å². The smallest absolute Gasteiger partial charge is 0.354 e. The van der Waals surface area contributed by atoms with E-state index in [0.29, 0.717) is 28.9 Å². The normalized spacial score (nSPS) is 12.3. The van der Waals surface area contributed by atoms with Gasteiger partial charge in [-0.15, -0.1) is 0 Å². The summed E-state index contributed by atoms with van der Waals surface area (Å²) in [6.45, 7) is 5.05. The quantitative estimate of drug-likeness (QED) is 0.136. The van der Waals surface area contributed by atoms with E-state index in [1.807, 2.05) is 56.3 Å². The number of unbranched alkanes of at least 4 members (excludes halogenated alkanes) is 1. The van der Waals surface area contributed by atoms with Crippen molar-refractivity contribution in [3.8, 4) is 0 Å². The van der Waals surface area contributed by atoms with Crippen molar-refractivity contribution >= 4 is 39.1 Å². The van der Waals surface area contributed by atoms with Crippen molar-refractivity contribution in [3.05, 3.63) is 130 Å². The van der Waals surface area contributed by atoms with Gasteiger partial charge in [-0.1, -0.05) is 103 Å². The van der Waals surface area contributed by atoms with Crippen molar-refractivity contribution in [2.75, 3.05) is 17.4 Å². The maximum Gasteiger partial charge on any atom is 0.417 e. The van der Waals surface area contributed by atoms with Gasteiger partial charge in [0.1, 0.15) is 12.6 Å². The molecule has 1 N–H and O–H groups in total. The van der Waals surface area contributed by atoms with Crippen LogP contribution in [0.15, 0.2) is 102 Å². The summed E-state index contributed by atoms with van der Waals surface area (Å²) in [6, 6.07) is 23.8. The maximum atomic E-state index is 14.5. The highest BCUT2D eigenvalue weighted by Crippen LogP contribution is 2.38. The third-order valence-corrected chi connectivity index (χ3v) is 10.1. The zero-order valence-corrected chi connectivity index (χ0v) is 29.1. The molecule has 4 aromatic rings. The molecule has 0 heterocycles. The van der Waals surface area contributed by atoms with Gasteiger partial charge in [0.15, 0.2) is 0 Å². The second-order valence-corrected chi connectivity index (χ2v) is 14.1. The Morgan fingerprint density at radius 2 is 1.47 bits per heavy atom. The lowest BCUT2D eigenvalue weighted by atomic mass is 10.0. The Morgan fingerprint density at radius 1 is 0.857 bits per heavy atom. The summed E-state index contributed by atoms with van der Waals surface area (Å²) in [5, 5.41) is 2.28. The fourth-order valence-electron chi connectivity index (χ4n) is 5.20. The fourth-order valence-corrected chi connectivity index (χ4v) is 6.83. The summed E-state index contributed by atoms with van der Waals surface area (Å²) in [6.07, 6.45) is -3.26. The van der Waals surface area contributed by atoms with Crippen LogP contribution in [0.2, 0.25) is 5.02 Å². The number of alkyl halides is 3. The molecule has 7 nitrogen and oxygen atoms in total. The van der Waals surface area contributed by atoms with Crippen molar-refractivity contribution in [2.45, 2.75) is 63.7 Å². The Bertz CT molecular complexity index is 1840. The second kappa shape index (κ2) is 16.4. The van der Waals surface area contributed by atoms with Crippen molar-refractivity contribution in [2.24, 2.45) is 0 Å². The van der Waals surface area contributed by atoms with Crippen LogP contribution in [0, 0.1) is 13.8 Å². The van der Waals surface area contributed by atoms with E-state index in [1.54, 1.807) is 31.2 Å². The van der Waals surface area contributed by atoms with Crippen molar-refractivity contribution < 1.29 is 31.2 Å². The van der Waals surface area contributed by atoms with Crippen LogP contribution in [0.1, 0.15) is 47.6 Å². The number of rotatable bonds is 14. The van der Waals surface area contributed by atoms with Gasteiger partial charge in [-0.3, -0.25) is 13.9 Å². The number of amides is 2. The molecule has 0 aromatic heterocycles. The number of benzene rings is 4. The molecule has 0 unspecified atom stereocenters. The van der Waals surface area contributed by atoms with Crippen molar-refractivity contribution in [1.82, 2.24) is 10.2 Å². The summed E-state index contributed by atoms with van der Waals surface area (Å²) < 4.78 is 70.9. The number of hydrogen-bond donors (Lipinski definition) is 1. The van der Waals surface area contributed by atoms with E-state index in [0.717, 1.165) is 35.2 Å². The minimum Gasteiger partial charge on any atom is -0.354 e. The molecular weight excluding hydrogens is 675 g/mol. The molecule has 0 aliphatic heterocycles. The molecule has 0 bridgehead atoms. The maximum absolute atomic E-state index is 14.5. The molecule has 0 spiro atoms. The van der Waals surface area contributed by atoms with Gasteiger partial charge in [0, 0.05) is 19.5 Å². The molecule has 0 saturated heterocycles. The van der Waals surface area contributed by atoms with Crippen LogP contribution < -0.4 is 9.62 Å². The number of anilines is 1. The van der Waals surface area contributed by atoms with Gasteiger partial charge in [0.05, 0.1) is 21.2 Å². The molecule has 1 atom stereocenters. The summed E-state index contributed by atoms with van der Waals surface area (Å²) >= 11 is 5.89. The molecule has 49 heavy (non-hydrogen) atoms. The molecule has 0 fully saturated rings. The topological polar surface area (TPSA) is 86.8 Å². The molecule has 0 saturated carbocycles. The number of hydrogen-bond acceptors (Lipinski definition) is 4. The summed E-state index contributed by atoms with van der Waals surface area (Å²) in [7, 11) is -4.60. The number of carbonyl (C=O) groups excluding carboxylic acids is 2. The van der Waals surface area contributed by atoms with E-state index in [1.165, 1.54) is 17.0 Å². The van der Waals surface area contributed by atoms with E-state index in [9.17, 15) is 31.2 Å². The minimum absolute atomic E-state index is 0.0648. The fraction of sp³-hybridized carbons (Fsp3) is 0.297. The summed E-state index contributed by atoms with van der Waals surface area (Å²) in [5.41, 5.74) is 1.51. The van der Waals surface area contributed by atoms with E-state index < -0.39 is 56.9 Å². The van der Waals surface area contributed by atoms with E-state index in [-0.39, 0.29) is 17.9 Å². The Kier molecular flexibility index (Phi) is 12.5. The van der Waals surface area contributed by atoms with Gasteiger partial charge in [-0.25, -0.2) is 8.42 Å². The first-order valence-corrected chi connectivity index (χ1v) is 17.6.